The van der Waals surface area contributed by atoms with E-state index in [9.17, 15) is 19.2 Å². The first-order valence-electron chi connectivity index (χ1n) is 12.7. The van der Waals surface area contributed by atoms with E-state index in [0.717, 1.165) is 12.7 Å². The first-order valence-corrected chi connectivity index (χ1v) is 12.7. The van der Waals surface area contributed by atoms with Crippen LogP contribution in [-0.2, 0) is 28.7 Å². The molecule has 0 unspecified atom stereocenters. The molecule has 3 aromatic rings. The molecule has 0 aromatic heterocycles. The summed E-state index contributed by atoms with van der Waals surface area (Å²) in [7, 11) is 3.88. The molecular weight excluding hydrogens is 524 g/mol. The molecule has 0 heterocycles. The lowest BCUT2D eigenvalue weighted by molar-refractivity contribution is -0.150. The van der Waals surface area contributed by atoms with Gasteiger partial charge in [0.05, 0.1) is 34.3 Å². The SMILES string of the molecule is COC(=O)C[C@H](NC(=O)/C(=C/c1ccccc1)CN(C(=O)/C=C/c1ccccc1)c1ccc(OC)cc1)C(=O)OC. The zero-order valence-electron chi connectivity index (χ0n) is 23.1. The molecule has 0 radical (unpaired) electrons. The molecule has 9 heteroatoms. The number of anilines is 1. The Balaban J connectivity index is 2.01. The lowest BCUT2D eigenvalue weighted by Crippen LogP contribution is -2.45. The van der Waals surface area contributed by atoms with Crippen LogP contribution in [0.25, 0.3) is 12.2 Å². The lowest BCUT2D eigenvalue weighted by atomic mass is 10.1. The third-order valence-corrected chi connectivity index (χ3v) is 6.02. The molecule has 9 nitrogen and oxygen atoms in total. The minimum atomic E-state index is -1.29. The van der Waals surface area contributed by atoms with Gasteiger partial charge in [0.2, 0.25) is 5.91 Å². The van der Waals surface area contributed by atoms with Gasteiger partial charge in [-0.3, -0.25) is 14.4 Å². The zero-order valence-corrected chi connectivity index (χ0v) is 23.1. The minimum Gasteiger partial charge on any atom is -0.497 e. The van der Waals surface area contributed by atoms with Crippen LogP contribution >= 0.6 is 0 Å². The number of rotatable bonds is 12. The normalized spacial score (nSPS) is 11.8. The van der Waals surface area contributed by atoms with Crippen molar-refractivity contribution >= 4 is 41.6 Å². The zero-order chi connectivity index (χ0) is 29.6. The van der Waals surface area contributed by atoms with Crippen molar-refractivity contribution in [2.45, 2.75) is 12.5 Å². The summed E-state index contributed by atoms with van der Waals surface area (Å²) in [5, 5.41) is 2.57. The van der Waals surface area contributed by atoms with E-state index in [1.807, 2.05) is 48.5 Å². The second-order valence-electron chi connectivity index (χ2n) is 8.78. The molecule has 3 rings (SSSR count). The van der Waals surface area contributed by atoms with Crippen molar-refractivity contribution in [2.24, 2.45) is 0 Å². The Hall–Kier alpha value is -5.18. The monoisotopic (exact) mass is 556 g/mol. The van der Waals surface area contributed by atoms with Gasteiger partial charge in [-0.1, -0.05) is 60.7 Å². The summed E-state index contributed by atoms with van der Waals surface area (Å²) in [4.78, 5) is 52.9. The van der Waals surface area contributed by atoms with Crippen molar-refractivity contribution in [2.75, 3.05) is 32.8 Å². The van der Waals surface area contributed by atoms with E-state index < -0.39 is 30.3 Å². The lowest BCUT2D eigenvalue weighted by Gasteiger charge is -2.24. The molecule has 3 aromatic carbocycles. The number of ether oxygens (including phenoxy) is 3. The second-order valence-corrected chi connectivity index (χ2v) is 8.78. The van der Waals surface area contributed by atoms with Gasteiger partial charge in [0, 0.05) is 17.3 Å². The van der Waals surface area contributed by atoms with Gasteiger partial charge < -0.3 is 24.4 Å². The molecule has 0 spiro atoms. The summed E-state index contributed by atoms with van der Waals surface area (Å²) in [5.41, 5.74) is 2.20. The summed E-state index contributed by atoms with van der Waals surface area (Å²) in [6.45, 7) is -0.156. The molecule has 0 saturated carbocycles. The molecule has 1 N–H and O–H groups in total. The summed E-state index contributed by atoms with van der Waals surface area (Å²) in [5.74, 6) is -1.95. The topological polar surface area (TPSA) is 111 Å². The molecule has 0 aliphatic rings. The summed E-state index contributed by atoms with van der Waals surface area (Å²) in [6.07, 6.45) is 4.30. The van der Waals surface area contributed by atoms with Crippen LogP contribution in [0, 0.1) is 0 Å². The van der Waals surface area contributed by atoms with Crippen LogP contribution in [0.15, 0.2) is 96.6 Å². The Labute approximate surface area is 239 Å². The maximum Gasteiger partial charge on any atom is 0.328 e. The van der Waals surface area contributed by atoms with Gasteiger partial charge in [0.25, 0.3) is 5.91 Å². The van der Waals surface area contributed by atoms with E-state index in [1.165, 1.54) is 25.2 Å². The van der Waals surface area contributed by atoms with Crippen LogP contribution < -0.4 is 15.0 Å². The number of hydrogen-bond donors (Lipinski definition) is 1. The van der Waals surface area contributed by atoms with Crippen molar-refractivity contribution in [3.05, 3.63) is 108 Å². The molecule has 0 saturated heterocycles. The number of esters is 2. The standard InChI is InChI=1S/C32H32N2O7/c1-39-27-17-15-26(16-18-27)34(29(35)19-14-23-10-6-4-7-11-23)22-25(20-24-12-8-5-9-13-24)31(37)33-28(32(38)41-3)21-30(36)40-2/h4-20,28H,21-22H2,1-3H3,(H,33,37)/b19-14+,25-20+/t28-/m0/s1. The number of benzene rings is 3. The van der Waals surface area contributed by atoms with Crippen molar-refractivity contribution in [3.63, 3.8) is 0 Å². The van der Waals surface area contributed by atoms with Crippen LogP contribution in [0.5, 0.6) is 5.75 Å². The quantitative estimate of drug-likeness (QED) is 0.265. The van der Waals surface area contributed by atoms with Gasteiger partial charge in [0.1, 0.15) is 11.8 Å². The van der Waals surface area contributed by atoms with Gasteiger partial charge in [-0.2, -0.15) is 0 Å². The highest BCUT2D eigenvalue weighted by molar-refractivity contribution is 6.07. The molecule has 2 amide bonds. The smallest absolute Gasteiger partial charge is 0.328 e. The van der Waals surface area contributed by atoms with Crippen LogP contribution in [0.2, 0.25) is 0 Å². The van der Waals surface area contributed by atoms with E-state index in [1.54, 1.807) is 48.6 Å². The maximum absolute atomic E-state index is 13.6. The van der Waals surface area contributed by atoms with Gasteiger partial charge in [-0.15, -0.1) is 0 Å². The Kier molecular flexibility index (Phi) is 11.4. The summed E-state index contributed by atoms with van der Waals surface area (Å²) in [6, 6.07) is 23.9. The predicted octanol–water partition coefficient (Wildman–Crippen LogP) is 4.05. The Morgan fingerprint density at radius 3 is 1.98 bits per heavy atom. The Morgan fingerprint density at radius 2 is 1.41 bits per heavy atom. The van der Waals surface area contributed by atoms with Crippen LogP contribution in [0.3, 0.4) is 0 Å². The third kappa shape index (κ3) is 9.21. The van der Waals surface area contributed by atoms with E-state index in [4.69, 9.17) is 9.47 Å². The van der Waals surface area contributed by atoms with Crippen LogP contribution in [-0.4, -0.2) is 57.7 Å². The van der Waals surface area contributed by atoms with Gasteiger partial charge >= 0.3 is 11.9 Å². The molecular formula is C32H32N2O7. The fraction of sp³-hybridized carbons (Fsp3) is 0.188. The molecule has 41 heavy (non-hydrogen) atoms. The highest BCUT2D eigenvalue weighted by Gasteiger charge is 2.28. The molecule has 1 atom stereocenters. The van der Waals surface area contributed by atoms with Crippen LogP contribution in [0.1, 0.15) is 17.5 Å². The molecule has 0 aliphatic carbocycles. The summed E-state index contributed by atoms with van der Waals surface area (Å²) >= 11 is 0. The number of carbonyl (C=O) groups excluding carboxylic acids is 4. The van der Waals surface area contributed by atoms with Crippen molar-refractivity contribution in [1.82, 2.24) is 5.32 Å². The predicted molar refractivity (Wildman–Crippen MR) is 156 cm³/mol. The Morgan fingerprint density at radius 1 is 0.805 bits per heavy atom. The van der Waals surface area contributed by atoms with Crippen molar-refractivity contribution < 1.29 is 33.4 Å². The largest absolute Gasteiger partial charge is 0.497 e. The van der Waals surface area contributed by atoms with Crippen LogP contribution in [0.4, 0.5) is 5.69 Å². The molecule has 0 fully saturated rings. The van der Waals surface area contributed by atoms with Gasteiger partial charge in [-0.25, -0.2) is 4.79 Å². The first kappa shape index (κ1) is 30.4. The van der Waals surface area contributed by atoms with E-state index >= 15 is 0 Å². The van der Waals surface area contributed by atoms with E-state index in [-0.39, 0.29) is 18.0 Å². The number of methoxy groups -OCH3 is 3. The Bertz CT molecular complexity index is 1380. The van der Waals surface area contributed by atoms with E-state index in [0.29, 0.717) is 17.0 Å². The van der Waals surface area contributed by atoms with Gasteiger partial charge in [-0.05, 0) is 47.5 Å². The average molecular weight is 557 g/mol. The maximum atomic E-state index is 13.6. The van der Waals surface area contributed by atoms with Crippen molar-refractivity contribution in [1.29, 1.82) is 0 Å². The molecule has 212 valence electrons. The second kappa shape index (κ2) is 15.4. The molecule has 0 aliphatic heterocycles. The average Bonchev–Trinajstić information content (AvgIpc) is 3.02. The number of carbonyl (C=O) groups is 4. The van der Waals surface area contributed by atoms with E-state index in [2.05, 4.69) is 10.1 Å². The third-order valence-electron chi connectivity index (χ3n) is 6.02. The fourth-order valence-electron chi connectivity index (χ4n) is 3.82. The number of amides is 2. The molecule has 0 bridgehead atoms. The highest BCUT2D eigenvalue weighted by atomic mass is 16.5. The van der Waals surface area contributed by atoms with Gasteiger partial charge in [0.15, 0.2) is 0 Å². The number of hydrogen-bond acceptors (Lipinski definition) is 7. The summed E-state index contributed by atoms with van der Waals surface area (Å²) < 4.78 is 14.7. The first-order chi connectivity index (χ1) is 19.8. The number of nitrogens with zero attached hydrogens (tertiary/aromatic N) is 1. The highest BCUT2D eigenvalue weighted by Crippen LogP contribution is 2.22. The van der Waals surface area contributed by atoms with Crippen molar-refractivity contribution in [3.8, 4) is 5.75 Å². The minimum absolute atomic E-state index is 0.156. The number of nitrogens with one attached hydrogen (secondary N) is 1. The fourth-order valence-corrected chi connectivity index (χ4v) is 3.82.